The Bertz CT molecular complexity index is 301. The lowest BCUT2D eigenvalue weighted by atomic mass is 10.1. The van der Waals surface area contributed by atoms with Gasteiger partial charge in [0, 0.05) is 17.3 Å². The number of hydrogen-bond acceptors (Lipinski definition) is 1. The second-order valence-electron chi connectivity index (χ2n) is 2.85. The standard InChI is InChI=1S/C9H8BrFO/c10-5-8-4-6-3-7(11)1-2-9(6)12-8/h1-3,8H,4-5H2/t8-/m1/s1. The van der Waals surface area contributed by atoms with Crippen molar-refractivity contribution < 1.29 is 9.13 Å². The maximum absolute atomic E-state index is 12.7. The van der Waals surface area contributed by atoms with Crippen molar-refractivity contribution in [1.82, 2.24) is 0 Å². The first-order valence-corrected chi connectivity index (χ1v) is 4.93. The Balaban J connectivity index is 2.30. The first kappa shape index (κ1) is 8.05. The van der Waals surface area contributed by atoms with Gasteiger partial charge >= 0.3 is 0 Å². The van der Waals surface area contributed by atoms with Gasteiger partial charge in [0.25, 0.3) is 0 Å². The molecule has 0 aliphatic carbocycles. The van der Waals surface area contributed by atoms with Crippen LogP contribution < -0.4 is 4.74 Å². The lowest BCUT2D eigenvalue weighted by Gasteiger charge is -2.04. The molecule has 1 aromatic carbocycles. The normalized spacial score (nSPS) is 20.3. The molecule has 0 radical (unpaired) electrons. The Morgan fingerprint density at radius 3 is 3.17 bits per heavy atom. The molecule has 1 nitrogen and oxygen atoms in total. The van der Waals surface area contributed by atoms with Gasteiger partial charge in [-0.1, -0.05) is 15.9 Å². The minimum atomic E-state index is -0.187. The predicted octanol–water partition coefficient (Wildman–Crippen LogP) is 2.52. The third-order valence-electron chi connectivity index (χ3n) is 1.94. The zero-order valence-corrected chi connectivity index (χ0v) is 7.97. The van der Waals surface area contributed by atoms with E-state index in [1.807, 2.05) is 0 Å². The largest absolute Gasteiger partial charge is 0.489 e. The van der Waals surface area contributed by atoms with Crippen LogP contribution in [0.2, 0.25) is 0 Å². The zero-order valence-electron chi connectivity index (χ0n) is 6.39. The van der Waals surface area contributed by atoms with Crippen LogP contribution in [-0.2, 0) is 6.42 Å². The number of ether oxygens (including phenoxy) is 1. The van der Waals surface area contributed by atoms with Gasteiger partial charge in [0.05, 0.1) is 0 Å². The van der Waals surface area contributed by atoms with Crippen molar-refractivity contribution in [2.75, 3.05) is 5.33 Å². The van der Waals surface area contributed by atoms with E-state index in [1.54, 1.807) is 6.07 Å². The van der Waals surface area contributed by atoms with Crippen molar-refractivity contribution in [1.29, 1.82) is 0 Å². The number of hydrogen-bond donors (Lipinski definition) is 0. The average molecular weight is 231 g/mol. The summed E-state index contributed by atoms with van der Waals surface area (Å²) in [7, 11) is 0. The van der Waals surface area contributed by atoms with E-state index < -0.39 is 0 Å². The van der Waals surface area contributed by atoms with E-state index in [4.69, 9.17) is 4.74 Å². The molecule has 0 fully saturated rings. The molecule has 3 heteroatoms. The van der Waals surface area contributed by atoms with Crippen molar-refractivity contribution >= 4 is 15.9 Å². The van der Waals surface area contributed by atoms with Crippen molar-refractivity contribution in [3.63, 3.8) is 0 Å². The molecule has 12 heavy (non-hydrogen) atoms. The number of benzene rings is 1. The van der Waals surface area contributed by atoms with Crippen LogP contribution in [0.1, 0.15) is 5.56 Å². The number of fused-ring (bicyclic) bond motifs is 1. The highest BCUT2D eigenvalue weighted by atomic mass is 79.9. The lowest BCUT2D eigenvalue weighted by molar-refractivity contribution is 0.260. The Labute approximate surface area is 78.7 Å². The Kier molecular flexibility index (Phi) is 2.05. The molecule has 1 aromatic rings. The summed E-state index contributed by atoms with van der Waals surface area (Å²) < 4.78 is 18.2. The summed E-state index contributed by atoms with van der Waals surface area (Å²) in [6.45, 7) is 0. The summed E-state index contributed by atoms with van der Waals surface area (Å²) in [5, 5.41) is 0.795. The highest BCUT2D eigenvalue weighted by Crippen LogP contribution is 2.29. The van der Waals surface area contributed by atoms with Crippen LogP contribution >= 0.6 is 15.9 Å². The van der Waals surface area contributed by atoms with Crippen LogP contribution in [0.25, 0.3) is 0 Å². The second kappa shape index (κ2) is 3.05. The second-order valence-corrected chi connectivity index (χ2v) is 3.50. The average Bonchev–Trinajstić information content (AvgIpc) is 2.46. The van der Waals surface area contributed by atoms with Crippen molar-refractivity contribution in [3.8, 4) is 5.75 Å². The van der Waals surface area contributed by atoms with Crippen LogP contribution in [0.3, 0.4) is 0 Å². The van der Waals surface area contributed by atoms with E-state index in [0.29, 0.717) is 0 Å². The molecule has 1 aliphatic rings. The molecule has 1 aliphatic heterocycles. The molecule has 0 unspecified atom stereocenters. The van der Waals surface area contributed by atoms with E-state index in [0.717, 1.165) is 23.1 Å². The Morgan fingerprint density at radius 1 is 1.58 bits per heavy atom. The SMILES string of the molecule is Fc1ccc2c(c1)C[C@H](CBr)O2. The lowest BCUT2D eigenvalue weighted by Crippen LogP contribution is -2.13. The predicted molar refractivity (Wildman–Crippen MR) is 48.3 cm³/mol. The number of rotatable bonds is 1. The molecule has 0 N–H and O–H groups in total. The fourth-order valence-corrected chi connectivity index (χ4v) is 1.74. The fraction of sp³-hybridized carbons (Fsp3) is 0.333. The molecule has 1 heterocycles. The Morgan fingerprint density at radius 2 is 2.42 bits per heavy atom. The van der Waals surface area contributed by atoms with Crippen molar-refractivity contribution in [2.45, 2.75) is 12.5 Å². The van der Waals surface area contributed by atoms with Gasteiger partial charge in [-0.05, 0) is 18.2 Å². The molecule has 64 valence electrons. The highest BCUT2D eigenvalue weighted by molar-refractivity contribution is 9.09. The van der Waals surface area contributed by atoms with Crippen molar-refractivity contribution in [2.24, 2.45) is 0 Å². The first-order chi connectivity index (χ1) is 5.79. The van der Waals surface area contributed by atoms with Gasteiger partial charge in [-0.2, -0.15) is 0 Å². The van der Waals surface area contributed by atoms with Gasteiger partial charge in [0.15, 0.2) is 0 Å². The summed E-state index contributed by atoms with van der Waals surface area (Å²) in [5.41, 5.74) is 0.972. The smallest absolute Gasteiger partial charge is 0.123 e. The number of alkyl halides is 1. The molecule has 1 atom stereocenters. The van der Waals surface area contributed by atoms with Crippen LogP contribution in [0.15, 0.2) is 18.2 Å². The number of halogens is 2. The van der Waals surface area contributed by atoms with E-state index in [-0.39, 0.29) is 11.9 Å². The minimum absolute atomic E-state index is 0.168. The molecule has 0 spiro atoms. The van der Waals surface area contributed by atoms with Crippen LogP contribution in [0.5, 0.6) is 5.75 Å². The van der Waals surface area contributed by atoms with Gasteiger partial charge in [-0.15, -0.1) is 0 Å². The first-order valence-electron chi connectivity index (χ1n) is 3.80. The zero-order chi connectivity index (χ0) is 8.55. The summed E-state index contributed by atoms with van der Waals surface area (Å²) in [6, 6.07) is 4.65. The monoisotopic (exact) mass is 230 g/mol. The van der Waals surface area contributed by atoms with Gasteiger partial charge in [0.2, 0.25) is 0 Å². The quantitative estimate of drug-likeness (QED) is 0.675. The molecule has 0 amide bonds. The van der Waals surface area contributed by atoms with Crippen LogP contribution in [-0.4, -0.2) is 11.4 Å². The van der Waals surface area contributed by atoms with Gasteiger partial charge in [0.1, 0.15) is 17.7 Å². The summed E-state index contributed by atoms with van der Waals surface area (Å²) in [4.78, 5) is 0. The van der Waals surface area contributed by atoms with Crippen LogP contribution in [0.4, 0.5) is 4.39 Å². The van der Waals surface area contributed by atoms with Crippen LogP contribution in [0, 0.1) is 5.82 Å². The molecule has 0 bridgehead atoms. The van der Waals surface area contributed by atoms with Gasteiger partial charge in [-0.3, -0.25) is 0 Å². The molecule has 0 saturated carbocycles. The van der Waals surface area contributed by atoms with E-state index in [2.05, 4.69) is 15.9 Å². The molecule has 0 aromatic heterocycles. The summed E-state index contributed by atoms with van der Waals surface area (Å²) >= 11 is 3.33. The molecular formula is C9H8BrFO. The van der Waals surface area contributed by atoms with E-state index in [9.17, 15) is 4.39 Å². The molecular weight excluding hydrogens is 223 g/mol. The minimum Gasteiger partial charge on any atom is -0.489 e. The summed E-state index contributed by atoms with van der Waals surface area (Å²) in [5.74, 6) is 0.633. The highest BCUT2D eigenvalue weighted by Gasteiger charge is 2.21. The molecule has 2 rings (SSSR count). The summed E-state index contributed by atoms with van der Waals surface area (Å²) in [6.07, 6.45) is 0.972. The van der Waals surface area contributed by atoms with Gasteiger partial charge < -0.3 is 4.74 Å². The maximum atomic E-state index is 12.7. The topological polar surface area (TPSA) is 9.23 Å². The fourth-order valence-electron chi connectivity index (χ4n) is 1.38. The third kappa shape index (κ3) is 1.33. The third-order valence-corrected chi connectivity index (χ3v) is 2.66. The van der Waals surface area contributed by atoms with Gasteiger partial charge in [-0.25, -0.2) is 4.39 Å². The van der Waals surface area contributed by atoms with E-state index >= 15 is 0 Å². The van der Waals surface area contributed by atoms with Crippen molar-refractivity contribution in [3.05, 3.63) is 29.6 Å². The molecule has 0 saturated heterocycles. The maximum Gasteiger partial charge on any atom is 0.123 e. The Hall–Kier alpha value is -0.570. The van der Waals surface area contributed by atoms with E-state index in [1.165, 1.54) is 12.1 Å².